The molecule has 0 saturated carbocycles. The molecule has 4 heteroatoms. The first kappa shape index (κ1) is 14.3. The van der Waals surface area contributed by atoms with Crippen LogP contribution in [-0.2, 0) is 0 Å². The van der Waals surface area contributed by atoms with Gasteiger partial charge in [0.15, 0.2) is 11.6 Å². The molecule has 1 fully saturated rings. The van der Waals surface area contributed by atoms with Gasteiger partial charge in [-0.05, 0) is 44.4 Å². The lowest BCUT2D eigenvalue weighted by Gasteiger charge is -2.40. The highest BCUT2D eigenvalue weighted by molar-refractivity contribution is 5.31. The van der Waals surface area contributed by atoms with Crippen LogP contribution in [0.2, 0.25) is 0 Å². The molecule has 106 valence electrons. The van der Waals surface area contributed by atoms with Gasteiger partial charge in [0.05, 0.1) is 7.11 Å². The van der Waals surface area contributed by atoms with Crippen molar-refractivity contribution < 1.29 is 9.13 Å². The number of likely N-dealkylation sites (tertiary alicyclic amines) is 1. The van der Waals surface area contributed by atoms with E-state index in [0.717, 1.165) is 24.9 Å². The third-order valence-electron chi connectivity index (χ3n) is 4.12. The molecular formula is C15H23FN2O. The zero-order chi connectivity index (χ0) is 14.0. The van der Waals surface area contributed by atoms with Gasteiger partial charge in [-0.2, -0.15) is 0 Å². The van der Waals surface area contributed by atoms with E-state index >= 15 is 0 Å². The van der Waals surface area contributed by atoms with E-state index in [4.69, 9.17) is 10.5 Å². The number of hydrogen-bond donors (Lipinski definition) is 1. The van der Waals surface area contributed by atoms with Crippen molar-refractivity contribution in [3.63, 3.8) is 0 Å². The van der Waals surface area contributed by atoms with E-state index in [1.807, 2.05) is 6.07 Å². The van der Waals surface area contributed by atoms with Gasteiger partial charge < -0.3 is 10.5 Å². The third kappa shape index (κ3) is 3.07. The predicted octanol–water partition coefficient (Wildman–Crippen LogP) is 2.71. The molecule has 3 nitrogen and oxygen atoms in total. The van der Waals surface area contributed by atoms with Crippen LogP contribution < -0.4 is 10.5 Å². The second kappa shape index (κ2) is 5.88. The SMILES string of the molecule is COc1ccc(C(C)N2CCC(N)CC2C)cc1F. The summed E-state index contributed by atoms with van der Waals surface area (Å²) in [6.07, 6.45) is 2.01. The number of piperidine rings is 1. The molecule has 0 aliphatic carbocycles. The first-order valence-electron chi connectivity index (χ1n) is 6.87. The van der Waals surface area contributed by atoms with Gasteiger partial charge in [0.1, 0.15) is 0 Å². The van der Waals surface area contributed by atoms with Gasteiger partial charge in [0.2, 0.25) is 0 Å². The zero-order valence-corrected chi connectivity index (χ0v) is 11.9. The minimum absolute atomic E-state index is 0.197. The lowest BCUT2D eigenvalue weighted by Crippen LogP contribution is -2.46. The van der Waals surface area contributed by atoms with Crippen molar-refractivity contribution >= 4 is 0 Å². The highest BCUT2D eigenvalue weighted by atomic mass is 19.1. The first-order chi connectivity index (χ1) is 9.02. The number of nitrogens with zero attached hydrogens (tertiary/aromatic N) is 1. The maximum atomic E-state index is 13.8. The van der Waals surface area contributed by atoms with Crippen molar-refractivity contribution in [1.82, 2.24) is 4.90 Å². The van der Waals surface area contributed by atoms with E-state index in [2.05, 4.69) is 18.7 Å². The summed E-state index contributed by atoms with van der Waals surface area (Å²) >= 11 is 0. The number of methoxy groups -OCH3 is 1. The smallest absolute Gasteiger partial charge is 0.165 e. The Morgan fingerprint density at radius 2 is 2.21 bits per heavy atom. The lowest BCUT2D eigenvalue weighted by atomic mass is 9.95. The Hall–Kier alpha value is -1.13. The Balaban J connectivity index is 2.15. The van der Waals surface area contributed by atoms with Crippen LogP contribution in [0.4, 0.5) is 4.39 Å². The Labute approximate surface area is 114 Å². The molecule has 2 rings (SSSR count). The van der Waals surface area contributed by atoms with E-state index in [9.17, 15) is 4.39 Å². The molecule has 1 heterocycles. The van der Waals surface area contributed by atoms with Crippen LogP contribution in [0.15, 0.2) is 18.2 Å². The number of nitrogens with two attached hydrogens (primary N) is 1. The molecule has 1 aliphatic heterocycles. The monoisotopic (exact) mass is 266 g/mol. The van der Waals surface area contributed by atoms with Crippen LogP contribution in [0.5, 0.6) is 5.75 Å². The zero-order valence-electron chi connectivity index (χ0n) is 11.9. The molecule has 0 aromatic heterocycles. The van der Waals surface area contributed by atoms with E-state index < -0.39 is 0 Å². The normalized spacial score (nSPS) is 26.2. The quantitative estimate of drug-likeness (QED) is 0.914. The number of rotatable bonds is 3. The molecule has 1 aromatic rings. The molecule has 1 aromatic carbocycles. The average Bonchev–Trinajstić information content (AvgIpc) is 2.38. The fourth-order valence-electron chi connectivity index (χ4n) is 2.94. The molecule has 0 amide bonds. The van der Waals surface area contributed by atoms with Gasteiger partial charge in [-0.1, -0.05) is 6.07 Å². The number of benzene rings is 1. The molecule has 0 bridgehead atoms. The summed E-state index contributed by atoms with van der Waals surface area (Å²) in [4.78, 5) is 2.39. The summed E-state index contributed by atoms with van der Waals surface area (Å²) in [7, 11) is 1.48. The van der Waals surface area contributed by atoms with E-state index in [-0.39, 0.29) is 11.9 Å². The van der Waals surface area contributed by atoms with Crippen LogP contribution in [0.25, 0.3) is 0 Å². The summed E-state index contributed by atoms with van der Waals surface area (Å²) in [5.74, 6) is -0.00196. The van der Waals surface area contributed by atoms with Crippen LogP contribution in [0.3, 0.4) is 0 Å². The Bertz CT molecular complexity index is 438. The fourth-order valence-corrected chi connectivity index (χ4v) is 2.94. The Morgan fingerprint density at radius 3 is 2.79 bits per heavy atom. The molecule has 1 saturated heterocycles. The third-order valence-corrected chi connectivity index (χ3v) is 4.12. The average molecular weight is 266 g/mol. The summed E-state index contributed by atoms with van der Waals surface area (Å²) in [5, 5.41) is 0. The van der Waals surface area contributed by atoms with Gasteiger partial charge >= 0.3 is 0 Å². The number of halogens is 1. The van der Waals surface area contributed by atoms with E-state index in [1.165, 1.54) is 7.11 Å². The van der Waals surface area contributed by atoms with Crippen LogP contribution >= 0.6 is 0 Å². The van der Waals surface area contributed by atoms with Gasteiger partial charge in [0.25, 0.3) is 0 Å². The topological polar surface area (TPSA) is 38.5 Å². The molecule has 3 atom stereocenters. The molecule has 1 aliphatic rings. The van der Waals surface area contributed by atoms with Crippen molar-refractivity contribution in [2.75, 3.05) is 13.7 Å². The van der Waals surface area contributed by atoms with Crippen molar-refractivity contribution in [3.8, 4) is 5.75 Å². The van der Waals surface area contributed by atoms with Gasteiger partial charge in [-0.25, -0.2) is 4.39 Å². The summed E-state index contributed by atoms with van der Waals surface area (Å²) in [6.45, 7) is 5.28. The second-order valence-corrected chi connectivity index (χ2v) is 5.44. The number of ether oxygens (including phenoxy) is 1. The van der Waals surface area contributed by atoms with Crippen molar-refractivity contribution in [3.05, 3.63) is 29.6 Å². The maximum absolute atomic E-state index is 13.8. The molecular weight excluding hydrogens is 243 g/mol. The minimum atomic E-state index is -0.298. The van der Waals surface area contributed by atoms with Crippen LogP contribution in [-0.4, -0.2) is 30.6 Å². The molecule has 19 heavy (non-hydrogen) atoms. The van der Waals surface area contributed by atoms with E-state index in [1.54, 1.807) is 12.1 Å². The van der Waals surface area contributed by atoms with E-state index in [0.29, 0.717) is 17.8 Å². The first-order valence-corrected chi connectivity index (χ1v) is 6.87. The number of hydrogen-bond acceptors (Lipinski definition) is 3. The maximum Gasteiger partial charge on any atom is 0.165 e. The van der Waals surface area contributed by atoms with Crippen molar-refractivity contribution in [2.45, 2.75) is 44.8 Å². The lowest BCUT2D eigenvalue weighted by molar-refractivity contribution is 0.104. The Kier molecular flexibility index (Phi) is 4.42. The molecule has 0 radical (unpaired) electrons. The van der Waals surface area contributed by atoms with Gasteiger partial charge in [-0.3, -0.25) is 4.90 Å². The highest BCUT2D eigenvalue weighted by Gasteiger charge is 2.27. The van der Waals surface area contributed by atoms with Crippen LogP contribution in [0.1, 0.15) is 38.3 Å². The van der Waals surface area contributed by atoms with Gasteiger partial charge in [-0.15, -0.1) is 0 Å². The molecule has 0 spiro atoms. The van der Waals surface area contributed by atoms with Crippen molar-refractivity contribution in [1.29, 1.82) is 0 Å². The summed E-state index contributed by atoms with van der Waals surface area (Å²) in [6, 6.07) is 6.14. The highest BCUT2D eigenvalue weighted by Crippen LogP contribution is 2.30. The predicted molar refractivity (Wildman–Crippen MR) is 74.7 cm³/mol. The Morgan fingerprint density at radius 1 is 1.47 bits per heavy atom. The summed E-state index contributed by atoms with van der Waals surface area (Å²) < 4.78 is 18.7. The second-order valence-electron chi connectivity index (χ2n) is 5.44. The summed E-state index contributed by atoms with van der Waals surface area (Å²) in [5.41, 5.74) is 6.97. The standard InChI is InChI=1S/C15H23FN2O/c1-10-8-13(17)6-7-18(10)11(2)12-4-5-15(19-3)14(16)9-12/h4-5,9-11,13H,6-8,17H2,1-3H3. The fraction of sp³-hybridized carbons (Fsp3) is 0.600. The largest absolute Gasteiger partial charge is 0.494 e. The van der Waals surface area contributed by atoms with Crippen LogP contribution in [0, 0.1) is 5.82 Å². The van der Waals surface area contributed by atoms with Crippen molar-refractivity contribution in [2.24, 2.45) is 5.73 Å². The molecule has 2 N–H and O–H groups in total. The van der Waals surface area contributed by atoms with Gasteiger partial charge in [0, 0.05) is 24.7 Å². The molecule has 3 unspecified atom stereocenters. The minimum Gasteiger partial charge on any atom is -0.494 e.